The van der Waals surface area contributed by atoms with Crippen LogP contribution < -0.4 is 0 Å². The van der Waals surface area contributed by atoms with Crippen molar-refractivity contribution in [3.63, 3.8) is 0 Å². The Morgan fingerprint density at radius 3 is 1.67 bits per heavy atom. The number of carboxylic acids is 1. The van der Waals surface area contributed by atoms with Gasteiger partial charge in [-0.3, -0.25) is 24.0 Å². The molecule has 45 heavy (non-hydrogen) atoms. The van der Waals surface area contributed by atoms with E-state index < -0.39 is 92.6 Å². The van der Waals surface area contributed by atoms with Gasteiger partial charge in [-0.15, -0.1) is 0 Å². The molecule has 260 valence electrons. The fourth-order valence-electron chi connectivity index (χ4n) is 4.73. The van der Waals surface area contributed by atoms with Crippen LogP contribution in [0, 0.1) is 0 Å². The molecule has 0 aliphatic carbocycles. The van der Waals surface area contributed by atoms with Crippen LogP contribution in [0.2, 0.25) is 0 Å². The van der Waals surface area contributed by atoms with Crippen LogP contribution in [0.5, 0.6) is 0 Å². The van der Waals surface area contributed by atoms with Crippen molar-refractivity contribution in [1.29, 1.82) is 0 Å². The molecule has 1 rings (SSSR count). The van der Waals surface area contributed by atoms with Crippen LogP contribution in [-0.2, 0) is 52.4 Å². The molecular weight excluding hydrogens is 600 g/mol. The van der Waals surface area contributed by atoms with Crippen molar-refractivity contribution < 1.29 is 72.8 Å². The van der Waals surface area contributed by atoms with Gasteiger partial charge in [-0.1, -0.05) is 51.4 Å². The van der Waals surface area contributed by atoms with Gasteiger partial charge in [0, 0.05) is 33.6 Å². The summed E-state index contributed by atoms with van der Waals surface area (Å²) in [7, 11) is 0. The quantitative estimate of drug-likeness (QED) is 0.0700. The molecule has 15 nitrogen and oxygen atoms in total. The van der Waals surface area contributed by atoms with E-state index in [0.717, 1.165) is 72.1 Å². The number of carboxylic acid groups (broad SMARTS) is 1. The first-order valence-corrected chi connectivity index (χ1v) is 15.5. The molecule has 1 aliphatic rings. The van der Waals surface area contributed by atoms with Gasteiger partial charge >= 0.3 is 29.8 Å². The molecule has 1 fully saturated rings. The van der Waals surface area contributed by atoms with Gasteiger partial charge in [0.25, 0.3) is 0 Å². The monoisotopic (exact) mass is 650 g/mol. The lowest BCUT2D eigenvalue weighted by Crippen LogP contribution is -2.63. The highest BCUT2D eigenvalue weighted by Gasteiger charge is 2.53. The third-order valence-corrected chi connectivity index (χ3v) is 7.00. The lowest BCUT2D eigenvalue weighted by Gasteiger charge is -2.44. The molecule has 0 saturated carbocycles. The Morgan fingerprint density at radius 2 is 1.18 bits per heavy atom. The fourth-order valence-corrected chi connectivity index (χ4v) is 4.73. The highest BCUT2D eigenvalue weighted by Crippen LogP contribution is 2.30. The zero-order valence-corrected chi connectivity index (χ0v) is 26.4. The summed E-state index contributed by atoms with van der Waals surface area (Å²) in [5.74, 6) is -3.70. The SMILES string of the molecule is CC(=O)OCC1OC(OCC(O)C(O)CO)C(OC(C)=O)C(OC(=O)CCCCCCCCCCCCC(=O)O)C1OC(C)=O. The molecule has 0 aromatic heterocycles. The van der Waals surface area contributed by atoms with Gasteiger partial charge in [-0.2, -0.15) is 0 Å². The van der Waals surface area contributed by atoms with E-state index in [2.05, 4.69) is 0 Å². The summed E-state index contributed by atoms with van der Waals surface area (Å²) in [5.41, 5.74) is 0. The molecule has 0 spiro atoms. The van der Waals surface area contributed by atoms with Crippen LogP contribution in [-0.4, -0.2) is 113 Å². The summed E-state index contributed by atoms with van der Waals surface area (Å²) in [6.45, 7) is 1.55. The van der Waals surface area contributed by atoms with E-state index in [0.29, 0.717) is 12.8 Å². The number of hydrogen-bond acceptors (Lipinski definition) is 14. The largest absolute Gasteiger partial charge is 0.481 e. The van der Waals surface area contributed by atoms with Crippen LogP contribution in [0.25, 0.3) is 0 Å². The third-order valence-electron chi connectivity index (χ3n) is 7.00. The minimum absolute atomic E-state index is 0.0159. The minimum Gasteiger partial charge on any atom is -0.481 e. The van der Waals surface area contributed by atoms with Gasteiger partial charge in [-0.25, -0.2) is 0 Å². The summed E-state index contributed by atoms with van der Waals surface area (Å²) < 4.78 is 32.8. The van der Waals surface area contributed by atoms with E-state index in [1.807, 2.05) is 0 Å². The number of esters is 4. The Hall–Kier alpha value is -2.85. The van der Waals surface area contributed by atoms with E-state index in [1.54, 1.807) is 0 Å². The number of unbranched alkanes of at least 4 members (excludes halogenated alkanes) is 9. The first-order chi connectivity index (χ1) is 21.3. The van der Waals surface area contributed by atoms with Crippen molar-refractivity contribution in [3.05, 3.63) is 0 Å². The average molecular weight is 651 g/mol. The standard InChI is InChI=1S/C30H50O15/c1-19(32)40-18-24-27(42-20(2)33)28(29(43-21(3)34)30(44-24)41-17-23(36)22(35)16-31)45-26(39)15-13-11-9-7-5-4-6-8-10-12-14-25(37)38/h22-24,27-31,35-36H,4-18H2,1-3H3,(H,37,38). The second-order valence-electron chi connectivity index (χ2n) is 11.0. The van der Waals surface area contributed by atoms with Crippen molar-refractivity contribution >= 4 is 29.8 Å². The number of ether oxygens (including phenoxy) is 6. The van der Waals surface area contributed by atoms with Crippen molar-refractivity contribution in [2.24, 2.45) is 0 Å². The van der Waals surface area contributed by atoms with Crippen LogP contribution >= 0.6 is 0 Å². The fraction of sp³-hybridized carbons (Fsp3) is 0.833. The number of carbonyl (C=O) groups excluding carboxylic acids is 4. The van der Waals surface area contributed by atoms with Crippen molar-refractivity contribution in [1.82, 2.24) is 0 Å². The Kier molecular flexibility index (Phi) is 20.2. The van der Waals surface area contributed by atoms with Gasteiger partial charge in [0.2, 0.25) is 0 Å². The summed E-state index contributed by atoms with van der Waals surface area (Å²) in [4.78, 5) is 59.0. The maximum absolute atomic E-state index is 12.9. The highest BCUT2D eigenvalue weighted by atomic mass is 16.7. The normalized spacial score (nSPS) is 22.6. The number of aliphatic hydroxyl groups is 3. The van der Waals surface area contributed by atoms with Gasteiger partial charge in [0.15, 0.2) is 24.6 Å². The number of aliphatic carboxylic acids is 1. The number of rotatable bonds is 23. The van der Waals surface area contributed by atoms with Gasteiger partial charge in [-0.05, 0) is 12.8 Å². The predicted octanol–water partition coefficient (Wildman–Crippen LogP) is 1.55. The lowest BCUT2D eigenvalue weighted by molar-refractivity contribution is -0.312. The molecule has 0 bridgehead atoms. The topological polar surface area (TPSA) is 222 Å². The Morgan fingerprint density at radius 1 is 0.667 bits per heavy atom. The Bertz CT molecular complexity index is 910. The van der Waals surface area contributed by atoms with Crippen LogP contribution in [0.3, 0.4) is 0 Å². The molecule has 0 aromatic rings. The predicted molar refractivity (Wildman–Crippen MR) is 154 cm³/mol. The molecule has 15 heteroatoms. The third kappa shape index (κ3) is 17.4. The van der Waals surface area contributed by atoms with E-state index in [4.69, 9.17) is 38.6 Å². The number of hydrogen-bond donors (Lipinski definition) is 4. The van der Waals surface area contributed by atoms with E-state index >= 15 is 0 Å². The van der Waals surface area contributed by atoms with Crippen LogP contribution in [0.4, 0.5) is 0 Å². The molecular formula is C30H50O15. The molecule has 7 unspecified atom stereocenters. The molecule has 4 N–H and O–H groups in total. The van der Waals surface area contributed by atoms with E-state index in [9.17, 15) is 34.2 Å². The molecule has 1 saturated heterocycles. The van der Waals surface area contributed by atoms with Gasteiger partial charge < -0.3 is 48.8 Å². The molecule has 0 amide bonds. The molecule has 0 radical (unpaired) electrons. The van der Waals surface area contributed by atoms with E-state index in [1.165, 1.54) is 0 Å². The molecule has 1 heterocycles. The maximum Gasteiger partial charge on any atom is 0.306 e. The summed E-state index contributed by atoms with van der Waals surface area (Å²) in [6.07, 6.45) is -1.02. The first-order valence-electron chi connectivity index (χ1n) is 15.5. The first kappa shape index (κ1) is 40.2. The van der Waals surface area contributed by atoms with Gasteiger partial charge in [0.1, 0.15) is 24.9 Å². The number of aliphatic hydroxyl groups excluding tert-OH is 3. The summed E-state index contributed by atoms with van der Waals surface area (Å²) in [5, 5.41) is 37.5. The van der Waals surface area contributed by atoms with Crippen LogP contribution in [0.1, 0.15) is 97.8 Å². The Balaban J connectivity index is 2.83. The molecule has 1 aliphatic heterocycles. The zero-order valence-electron chi connectivity index (χ0n) is 26.4. The van der Waals surface area contributed by atoms with Crippen molar-refractivity contribution in [2.75, 3.05) is 19.8 Å². The lowest BCUT2D eigenvalue weighted by atomic mass is 9.98. The highest BCUT2D eigenvalue weighted by molar-refractivity contribution is 5.70. The minimum atomic E-state index is -1.56. The Labute approximate surface area is 263 Å². The second-order valence-corrected chi connectivity index (χ2v) is 11.0. The van der Waals surface area contributed by atoms with Crippen molar-refractivity contribution in [2.45, 2.75) is 141 Å². The molecule has 0 aromatic carbocycles. The van der Waals surface area contributed by atoms with Crippen molar-refractivity contribution in [3.8, 4) is 0 Å². The number of carbonyl (C=O) groups is 5. The summed E-state index contributed by atoms with van der Waals surface area (Å²) in [6, 6.07) is 0. The van der Waals surface area contributed by atoms with Gasteiger partial charge in [0.05, 0.1) is 13.2 Å². The summed E-state index contributed by atoms with van der Waals surface area (Å²) >= 11 is 0. The van der Waals surface area contributed by atoms with E-state index in [-0.39, 0.29) is 12.8 Å². The molecule has 7 atom stereocenters. The second kappa shape index (κ2) is 22.6. The van der Waals surface area contributed by atoms with Crippen LogP contribution in [0.15, 0.2) is 0 Å². The smallest absolute Gasteiger partial charge is 0.306 e. The average Bonchev–Trinajstić information content (AvgIpc) is 2.96. The zero-order chi connectivity index (χ0) is 33.8. The maximum atomic E-state index is 12.9.